The largest absolute Gasteiger partial charge is 0.399 e. The molecule has 2 amide bonds. The van der Waals surface area contributed by atoms with Crippen molar-refractivity contribution in [2.24, 2.45) is 5.92 Å². The summed E-state index contributed by atoms with van der Waals surface area (Å²) in [5, 5.41) is 0. The average molecular weight is 247 g/mol. The van der Waals surface area contributed by atoms with Crippen molar-refractivity contribution in [3.63, 3.8) is 0 Å². The zero-order chi connectivity index (χ0) is 13.1. The summed E-state index contributed by atoms with van der Waals surface area (Å²) in [6.07, 6.45) is 1.10. The van der Waals surface area contributed by atoms with Crippen molar-refractivity contribution in [3.05, 3.63) is 24.3 Å². The van der Waals surface area contributed by atoms with Gasteiger partial charge in [-0.3, -0.25) is 4.90 Å². The first-order chi connectivity index (χ1) is 8.61. The van der Waals surface area contributed by atoms with E-state index in [1.807, 2.05) is 34.1 Å². The second-order valence-electron chi connectivity index (χ2n) is 4.99. The maximum Gasteiger partial charge on any atom is 0.324 e. The smallest absolute Gasteiger partial charge is 0.324 e. The minimum atomic E-state index is 0.111. The minimum Gasteiger partial charge on any atom is -0.399 e. The molecule has 1 aromatic rings. The Bertz CT molecular complexity index is 416. The second kappa shape index (κ2) is 5.29. The van der Waals surface area contributed by atoms with Gasteiger partial charge in [0.1, 0.15) is 0 Å². The molecule has 0 radical (unpaired) electrons. The van der Waals surface area contributed by atoms with Crippen LogP contribution in [0, 0.1) is 5.92 Å². The third kappa shape index (κ3) is 2.58. The number of urea groups is 1. The molecular formula is C14H21N3O. The topological polar surface area (TPSA) is 49.6 Å². The number of amides is 2. The highest BCUT2D eigenvalue weighted by Gasteiger charge is 2.29. The molecule has 1 aliphatic heterocycles. The van der Waals surface area contributed by atoms with E-state index in [1.54, 1.807) is 0 Å². The summed E-state index contributed by atoms with van der Waals surface area (Å²) >= 11 is 0. The second-order valence-corrected chi connectivity index (χ2v) is 4.99. The van der Waals surface area contributed by atoms with Crippen LogP contribution in [0.2, 0.25) is 0 Å². The molecular weight excluding hydrogens is 226 g/mol. The number of benzene rings is 1. The summed E-state index contributed by atoms with van der Waals surface area (Å²) < 4.78 is 0. The van der Waals surface area contributed by atoms with E-state index >= 15 is 0 Å². The van der Waals surface area contributed by atoms with Gasteiger partial charge in [-0.25, -0.2) is 4.79 Å². The van der Waals surface area contributed by atoms with E-state index in [0.29, 0.717) is 5.92 Å². The molecule has 98 valence electrons. The van der Waals surface area contributed by atoms with E-state index in [2.05, 4.69) is 13.8 Å². The van der Waals surface area contributed by atoms with Crippen LogP contribution in [-0.4, -0.2) is 30.6 Å². The van der Waals surface area contributed by atoms with E-state index in [4.69, 9.17) is 5.73 Å². The molecule has 0 bridgehead atoms. The van der Waals surface area contributed by atoms with Crippen LogP contribution in [0.5, 0.6) is 0 Å². The maximum absolute atomic E-state index is 12.3. The van der Waals surface area contributed by atoms with Crippen LogP contribution in [0.1, 0.15) is 20.3 Å². The van der Waals surface area contributed by atoms with Gasteiger partial charge in [0.25, 0.3) is 0 Å². The molecule has 1 unspecified atom stereocenters. The predicted molar refractivity (Wildman–Crippen MR) is 74.6 cm³/mol. The van der Waals surface area contributed by atoms with E-state index in [9.17, 15) is 4.79 Å². The predicted octanol–water partition coefficient (Wildman–Crippen LogP) is 2.56. The summed E-state index contributed by atoms with van der Waals surface area (Å²) in [5.41, 5.74) is 7.31. The highest BCUT2D eigenvalue weighted by Crippen LogP contribution is 2.22. The molecule has 2 rings (SSSR count). The number of nitrogens with two attached hydrogens (primary N) is 1. The fourth-order valence-corrected chi connectivity index (χ4v) is 2.15. The maximum atomic E-state index is 12.3. The summed E-state index contributed by atoms with van der Waals surface area (Å²) in [7, 11) is 0. The van der Waals surface area contributed by atoms with Gasteiger partial charge in [0.05, 0.1) is 0 Å². The molecule has 1 aliphatic rings. The van der Waals surface area contributed by atoms with Gasteiger partial charge in [0.2, 0.25) is 0 Å². The van der Waals surface area contributed by atoms with Crippen molar-refractivity contribution >= 4 is 17.4 Å². The van der Waals surface area contributed by atoms with E-state index in [1.165, 1.54) is 0 Å². The minimum absolute atomic E-state index is 0.111. The van der Waals surface area contributed by atoms with Gasteiger partial charge in [0, 0.05) is 31.0 Å². The molecule has 0 saturated carbocycles. The number of nitrogen functional groups attached to an aromatic ring is 1. The molecule has 0 spiro atoms. The summed E-state index contributed by atoms with van der Waals surface area (Å²) in [6.45, 7) is 6.76. The molecule has 1 fully saturated rings. The molecule has 4 nitrogen and oxygen atoms in total. The molecule has 4 heteroatoms. The van der Waals surface area contributed by atoms with Crippen LogP contribution in [-0.2, 0) is 0 Å². The number of anilines is 2. The van der Waals surface area contributed by atoms with Crippen molar-refractivity contribution in [2.75, 3.05) is 30.3 Å². The van der Waals surface area contributed by atoms with Crippen LogP contribution in [0.15, 0.2) is 24.3 Å². The Labute approximate surface area is 108 Å². The van der Waals surface area contributed by atoms with Gasteiger partial charge in [-0.15, -0.1) is 0 Å². The number of hydrogen-bond acceptors (Lipinski definition) is 2. The lowest BCUT2D eigenvalue weighted by molar-refractivity contribution is 0.212. The monoisotopic (exact) mass is 247 g/mol. The third-order valence-corrected chi connectivity index (χ3v) is 3.53. The van der Waals surface area contributed by atoms with Gasteiger partial charge in [-0.05, 0) is 30.2 Å². The summed E-state index contributed by atoms with van der Waals surface area (Å²) in [5.74, 6) is 0.556. The molecule has 1 saturated heterocycles. The molecule has 1 aromatic carbocycles. The first-order valence-electron chi connectivity index (χ1n) is 6.53. The van der Waals surface area contributed by atoms with E-state index in [0.717, 1.165) is 37.4 Å². The lowest BCUT2D eigenvalue weighted by Gasteiger charge is -2.21. The van der Waals surface area contributed by atoms with Crippen LogP contribution in [0.4, 0.5) is 16.2 Å². The van der Waals surface area contributed by atoms with Gasteiger partial charge in [-0.1, -0.05) is 20.3 Å². The van der Waals surface area contributed by atoms with Crippen molar-refractivity contribution in [3.8, 4) is 0 Å². The lowest BCUT2D eigenvalue weighted by Crippen LogP contribution is -2.34. The van der Waals surface area contributed by atoms with Crippen molar-refractivity contribution in [1.82, 2.24) is 4.90 Å². The van der Waals surface area contributed by atoms with E-state index in [-0.39, 0.29) is 6.03 Å². The highest BCUT2D eigenvalue weighted by molar-refractivity contribution is 5.94. The number of carbonyl (C=O) groups excluding carboxylic acids is 1. The first kappa shape index (κ1) is 12.7. The number of rotatable bonds is 4. The quantitative estimate of drug-likeness (QED) is 0.831. The average Bonchev–Trinajstić information content (AvgIpc) is 2.72. The zero-order valence-electron chi connectivity index (χ0n) is 11.1. The zero-order valence-corrected chi connectivity index (χ0v) is 11.1. The normalized spacial score (nSPS) is 17.3. The summed E-state index contributed by atoms with van der Waals surface area (Å²) in [6, 6.07) is 7.58. The van der Waals surface area contributed by atoms with Crippen LogP contribution in [0.25, 0.3) is 0 Å². The summed E-state index contributed by atoms with van der Waals surface area (Å²) in [4.78, 5) is 16.0. The third-order valence-electron chi connectivity index (χ3n) is 3.53. The molecule has 1 atom stereocenters. The lowest BCUT2D eigenvalue weighted by atomic mass is 10.1. The van der Waals surface area contributed by atoms with Gasteiger partial charge >= 0.3 is 6.03 Å². The van der Waals surface area contributed by atoms with Gasteiger partial charge in [-0.2, -0.15) is 0 Å². The van der Waals surface area contributed by atoms with Crippen molar-refractivity contribution in [1.29, 1.82) is 0 Å². The van der Waals surface area contributed by atoms with Gasteiger partial charge < -0.3 is 10.6 Å². The highest BCUT2D eigenvalue weighted by atomic mass is 16.2. The Morgan fingerprint density at radius 2 is 1.94 bits per heavy atom. The number of hydrogen-bond donors (Lipinski definition) is 1. The van der Waals surface area contributed by atoms with Crippen LogP contribution >= 0.6 is 0 Å². The fourth-order valence-electron chi connectivity index (χ4n) is 2.15. The molecule has 1 heterocycles. The molecule has 2 N–H and O–H groups in total. The molecule has 0 aliphatic carbocycles. The van der Waals surface area contributed by atoms with Crippen LogP contribution < -0.4 is 10.6 Å². The van der Waals surface area contributed by atoms with Gasteiger partial charge in [0.15, 0.2) is 0 Å². The first-order valence-corrected chi connectivity index (χ1v) is 6.53. The number of carbonyl (C=O) groups is 1. The van der Waals surface area contributed by atoms with Crippen molar-refractivity contribution < 1.29 is 4.79 Å². The standard InChI is InChI=1S/C14H21N3O/c1-3-11(2)10-16-8-9-17(14(16)18)13-6-4-12(15)5-7-13/h4-7,11H,3,8-10,15H2,1-2H3. The Hall–Kier alpha value is -1.71. The van der Waals surface area contributed by atoms with Crippen LogP contribution in [0.3, 0.4) is 0 Å². The fraction of sp³-hybridized carbons (Fsp3) is 0.500. The Morgan fingerprint density at radius 1 is 1.28 bits per heavy atom. The molecule has 0 aromatic heterocycles. The number of nitrogens with zero attached hydrogens (tertiary/aromatic N) is 2. The SMILES string of the molecule is CCC(C)CN1CCN(c2ccc(N)cc2)C1=O. The Balaban J connectivity index is 2.05. The van der Waals surface area contributed by atoms with Crippen molar-refractivity contribution in [2.45, 2.75) is 20.3 Å². The Kier molecular flexibility index (Phi) is 3.75. The Morgan fingerprint density at radius 3 is 2.56 bits per heavy atom. The molecule has 18 heavy (non-hydrogen) atoms. The van der Waals surface area contributed by atoms with E-state index < -0.39 is 0 Å².